The molecule has 0 radical (unpaired) electrons. The van der Waals surface area contributed by atoms with E-state index in [1.807, 2.05) is 12.1 Å². The molecule has 124 valence electrons. The molecular weight excluding hydrogens is 325 g/mol. The van der Waals surface area contributed by atoms with Gasteiger partial charge in [0.15, 0.2) is 0 Å². The van der Waals surface area contributed by atoms with Crippen molar-refractivity contribution in [2.75, 3.05) is 33.5 Å². The van der Waals surface area contributed by atoms with Crippen LogP contribution in [0.4, 0.5) is 0 Å². The Hall–Kier alpha value is -0.360. The third-order valence-corrected chi connectivity index (χ3v) is 4.51. The lowest BCUT2D eigenvalue weighted by molar-refractivity contribution is 0.0584. The van der Waals surface area contributed by atoms with E-state index < -0.39 is 6.10 Å². The van der Waals surface area contributed by atoms with Gasteiger partial charge in [0.05, 0.1) is 19.3 Å². The maximum atomic E-state index is 9.76. The lowest BCUT2D eigenvalue weighted by Gasteiger charge is -2.26. The van der Waals surface area contributed by atoms with E-state index in [4.69, 9.17) is 32.7 Å². The van der Waals surface area contributed by atoms with Crippen molar-refractivity contribution in [3.8, 4) is 0 Å². The number of nitrogens with one attached hydrogen (secondary N) is 1. The van der Waals surface area contributed by atoms with Crippen LogP contribution in [0.25, 0.3) is 0 Å². The summed E-state index contributed by atoms with van der Waals surface area (Å²) in [5.74, 6) is 0.357. The quantitative estimate of drug-likeness (QED) is 0.758. The van der Waals surface area contributed by atoms with Crippen molar-refractivity contribution >= 4 is 23.2 Å². The SMILES string of the molecule is COCC(O)CCNC(c1cc(Cl)ccc1Cl)C1CCOC1. The largest absolute Gasteiger partial charge is 0.391 e. The van der Waals surface area contributed by atoms with Crippen LogP contribution in [0.1, 0.15) is 24.4 Å². The molecule has 3 atom stereocenters. The van der Waals surface area contributed by atoms with Crippen molar-refractivity contribution < 1.29 is 14.6 Å². The molecule has 1 aliphatic rings. The molecule has 0 saturated carbocycles. The second-order valence-corrected chi connectivity index (χ2v) is 6.46. The fraction of sp³-hybridized carbons (Fsp3) is 0.625. The van der Waals surface area contributed by atoms with E-state index in [1.165, 1.54) is 0 Å². The first kappa shape index (κ1) is 18.0. The Morgan fingerprint density at radius 1 is 1.45 bits per heavy atom. The second kappa shape index (κ2) is 9.06. The van der Waals surface area contributed by atoms with Crippen LogP contribution in [-0.4, -0.2) is 44.7 Å². The Labute approximate surface area is 141 Å². The van der Waals surface area contributed by atoms with E-state index in [9.17, 15) is 5.11 Å². The fourth-order valence-electron chi connectivity index (χ4n) is 2.78. The van der Waals surface area contributed by atoms with E-state index in [1.54, 1.807) is 13.2 Å². The number of hydrogen-bond donors (Lipinski definition) is 2. The smallest absolute Gasteiger partial charge is 0.0785 e. The molecule has 1 saturated heterocycles. The summed E-state index contributed by atoms with van der Waals surface area (Å²) >= 11 is 12.5. The third kappa shape index (κ3) is 5.08. The van der Waals surface area contributed by atoms with Gasteiger partial charge < -0.3 is 19.9 Å². The maximum absolute atomic E-state index is 9.76. The van der Waals surface area contributed by atoms with Crippen molar-refractivity contribution in [2.45, 2.75) is 25.0 Å². The Morgan fingerprint density at radius 2 is 2.27 bits per heavy atom. The van der Waals surface area contributed by atoms with Gasteiger partial charge in [-0.05, 0) is 43.1 Å². The van der Waals surface area contributed by atoms with E-state index in [-0.39, 0.29) is 6.04 Å². The molecule has 4 nitrogen and oxygen atoms in total. The molecule has 1 aromatic rings. The zero-order valence-electron chi connectivity index (χ0n) is 12.7. The van der Waals surface area contributed by atoms with Crippen molar-refractivity contribution in [3.63, 3.8) is 0 Å². The molecule has 1 aromatic carbocycles. The molecule has 1 fully saturated rings. The molecule has 1 aliphatic heterocycles. The molecule has 0 aromatic heterocycles. The van der Waals surface area contributed by atoms with Crippen molar-refractivity contribution in [1.29, 1.82) is 0 Å². The average Bonchev–Trinajstić information content (AvgIpc) is 3.01. The second-order valence-electron chi connectivity index (χ2n) is 5.62. The number of aliphatic hydroxyl groups excluding tert-OH is 1. The van der Waals surface area contributed by atoms with E-state index in [0.29, 0.717) is 42.1 Å². The van der Waals surface area contributed by atoms with E-state index in [0.717, 1.165) is 18.6 Å². The van der Waals surface area contributed by atoms with Crippen LogP contribution in [0.2, 0.25) is 10.0 Å². The van der Waals surface area contributed by atoms with E-state index in [2.05, 4.69) is 5.32 Å². The summed E-state index contributed by atoms with van der Waals surface area (Å²) in [6.07, 6.45) is 1.14. The molecule has 22 heavy (non-hydrogen) atoms. The van der Waals surface area contributed by atoms with Crippen molar-refractivity contribution in [1.82, 2.24) is 5.32 Å². The minimum absolute atomic E-state index is 0.0726. The van der Waals surface area contributed by atoms with Gasteiger partial charge in [0, 0.05) is 35.7 Å². The van der Waals surface area contributed by atoms with Gasteiger partial charge in [0.25, 0.3) is 0 Å². The first-order valence-corrected chi connectivity index (χ1v) is 8.30. The van der Waals surface area contributed by atoms with Crippen LogP contribution in [0.5, 0.6) is 0 Å². The Morgan fingerprint density at radius 3 is 2.95 bits per heavy atom. The molecule has 1 heterocycles. The lowest BCUT2D eigenvalue weighted by atomic mass is 9.92. The van der Waals surface area contributed by atoms with Gasteiger partial charge in [-0.25, -0.2) is 0 Å². The number of aliphatic hydroxyl groups is 1. The van der Waals surface area contributed by atoms with Crippen LogP contribution < -0.4 is 5.32 Å². The summed E-state index contributed by atoms with van der Waals surface area (Å²) in [6.45, 7) is 2.50. The lowest BCUT2D eigenvalue weighted by Crippen LogP contribution is -2.32. The molecule has 0 amide bonds. The predicted molar refractivity (Wildman–Crippen MR) is 88.6 cm³/mol. The van der Waals surface area contributed by atoms with Gasteiger partial charge in [-0.1, -0.05) is 23.2 Å². The highest BCUT2D eigenvalue weighted by molar-refractivity contribution is 6.33. The highest BCUT2D eigenvalue weighted by Crippen LogP contribution is 2.34. The Kier molecular flexibility index (Phi) is 7.41. The van der Waals surface area contributed by atoms with Crippen LogP contribution in [0, 0.1) is 5.92 Å². The summed E-state index contributed by atoms with van der Waals surface area (Å²) in [6, 6.07) is 5.59. The van der Waals surface area contributed by atoms with Gasteiger partial charge in [0.2, 0.25) is 0 Å². The minimum Gasteiger partial charge on any atom is -0.391 e. The first-order valence-electron chi connectivity index (χ1n) is 7.55. The zero-order valence-corrected chi connectivity index (χ0v) is 14.2. The Bertz CT molecular complexity index is 467. The zero-order chi connectivity index (χ0) is 15.9. The van der Waals surface area contributed by atoms with Crippen LogP contribution >= 0.6 is 23.2 Å². The fourth-order valence-corrected chi connectivity index (χ4v) is 3.20. The molecule has 3 unspecified atom stereocenters. The summed E-state index contributed by atoms with van der Waals surface area (Å²) in [4.78, 5) is 0. The molecule has 0 spiro atoms. The molecule has 0 bridgehead atoms. The van der Waals surface area contributed by atoms with Crippen molar-refractivity contribution in [2.24, 2.45) is 5.92 Å². The van der Waals surface area contributed by atoms with Gasteiger partial charge in [-0.15, -0.1) is 0 Å². The first-order chi connectivity index (χ1) is 10.6. The normalized spacial score (nSPS) is 21.0. The van der Waals surface area contributed by atoms with E-state index >= 15 is 0 Å². The molecule has 2 N–H and O–H groups in total. The van der Waals surface area contributed by atoms with Gasteiger partial charge in [-0.2, -0.15) is 0 Å². The topological polar surface area (TPSA) is 50.7 Å². The summed E-state index contributed by atoms with van der Waals surface area (Å²) < 4.78 is 10.5. The molecule has 2 rings (SSSR count). The minimum atomic E-state index is -0.465. The Balaban J connectivity index is 2.04. The predicted octanol–water partition coefficient (Wildman–Crippen LogP) is 3.06. The number of halogens is 2. The molecule has 6 heteroatoms. The van der Waals surface area contributed by atoms with Gasteiger partial charge in [0.1, 0.15) is 0 Å². The summed E-state index contributed by atoms with van der Waals surface area (Å²) in [5.41, 5.74) is 0.992. The van der Waals surface area contributed by atoms with Crippen LogP contribution in [0.15, 0.2) is 18.2 Å². The van der Waals surface area contributed by atoms with Crippen LogP contribution in [0.3, 0.4) is 0 Å². The van der Waals surface area contributed by atoms with Gasteiger partial charge in [-0.3, -0.25) is 0 Å². The number of rotatable bonds is 8. The van der Waals surface area contributed by atoms with Crippen molar-refractivity contribution in [3.05, 3.63) is 33.8 Å². The number of benzene rings is 1. The summed E-state index contributed by atoms with van der Waals surface area (Å²) in [5, 5.41) is 14.6. The molecular formula is C16H23Cl2NO3. The highest BCUT2D eigenvalue weighted by Gasteiger charge is 2.28. The maximum Gasteiger partial charge on any atom is 0.0785 e. The number of hydrogen-bond acceptors (Lipinski definition) is 4. The number of ether oxygens (including phenoxy) is 2. The standard InChI is InChI=1S/C16H23Cl2NO3/c1-21-10-13(20)4-6-19-16(11-5-7-22-9-11)14-8-12(17)2-3-15(14)18/h2-3,8,11,13,16,19-20H,4-7,9-10H2,1H3. The summed E-state index contributed by atoms with van der Waals surface area (Å²) in [7, 11) is 1.58. The number of methoxy groups -OCH3 is 1. The average molecular weight is 348 g/mol. The third-order valence-electron chi connectivity index (χ3n) is 3.93. The highest BCUT2D eigenvalue weighted by atomic mass is 35.5. The monoisotopic (exact) mass is 347 g/mol. The molecule has 0 aliphatic carbocycles. The van der Waals surface area contributed by atoms with Crippen LogP contribution in [-0.2, 0) is 9.47 Å². The van der Waals surface area contributed by atoms with Gasteiger partial charge >= 0.3 is 0 Å².